The van der Waals surface area contributed by atoms with Gasteiger partial charge < -0.3 is 14.8 Å². The molecule has 2 aliphatic rings. The van der Waals surface area contributed by atoms with Crippen LogP contribution in [0.15, 0.2) is 18.6 Å². The Balaban J connectivity index is 1.71. The third-order valence-electron chi connectivity index (χ3n) is 4.52. The summed E-state index contributed by atoms with van der Waals surface area (Å²) >= 11 is 0. The first-order valence-electron chi connectivity index (χ1n) is 7.07. The van der Waals surface area contributed by atoms with Gasteiger partial charge in [-0.1, -0.05) is 0 Å². The zero-order valence-electron chi connectivity index (χ0n) is 11.2. The van der Waals surface area contributed by atoms with Crippen molar-refractivity contribution >= 4 is 16.9 Å². The van der Waals surface area contributed by atoms with Crippen LogP contribution in [0.1, 0.15) is 12.8 Å². The first-order chi connectivity index (χ1) is 9.33. The van der Waals surface area contributed by atoms with E-state index in [2.05, 4.69) is 24.8 Å². The molecule has 2 unspecified atom stereocenters. The molecule has 5 nitrogen and oxygen atoms in total. The van der Waals surface area contributed by atoms with Crippen LogP contribution in [0, 0.1) is 5.92 Å². The molecule has 0 radical (unpaired) electrons. The van der Waals surface area contributed by atoms with E-state index in [0.717, 1.165) is 42.4 Å². The Morgan fingerprint density at radius 2 is 2.26 bits per heavy atom. The van der Waals surface area contributed by atoms with Crippen LogP contribution in [0.25, 0.3) is 11.0 Å². The molecule has 2 aromatic rings. The van der Waals surface area contributed by atoms with E-state index in [9.17, 15) is 0 Å². The van der Waals surface area contributed by atoms with Crippen molar-refractivity contribution in [1.29, 1.82) is 0 Å². The third kappa shape index (κ3) is 1.72. The fourth-order valence-electron chi connectivity index (χ4n) is 3.50. The maximum Gasteiger partial charge on any atom is 0.156 e. The van der Waals surface area contributed by atoms with E-state index in [4.69, 9.17) is 0 Å². The Labute approximate surface area is 112 Å². The minimum absolute atomic E-state index is 0.634. The molecule has 5 heteroatoms. The molecule has 4 rings (SSSR count). The molecule has 2 saturated heterocycles. The number of nitrogens with one attached hydrogen (secondary N) is 1. The molecule has 0 saturated carbocycles. The Morgan fingerprint density at radius 3 is 3.16 bits per heavy atom. The summed E-state index contributed by atoms with van der Waals surface area (Å²) in [5.41, 5.74) is 2.19. The van der Waals surface area contributed by atoms with Gasteiger partial charge in [0.05, 0.1) is 11.8 Å². The summed E-state index contributed by atoms with van der Waals surface area (Å²) in [5.74, 6) is 1.82. The van der Waals surface area contributed by atoms with Crippen LogP contribution < -0.4 is 10.2 Å². The predicted molar refractivity (Wildman–Crippen MR) is 75.2 cm³/mol. The average molecular weight is 257 g/mol. The largest absolute Gasteiger partial charge is 0.353 e. The van der Waals surface area contributed by atoms with Gasteiger partial charge in [-0.25, -0.2) is 9.97 Å². The van der Waals surface area contributed by atoms with E-state index in [0.29, 0.717) is 6.04 Å². The molecule has 19 heavy (non-hydrogen) atoms. The van der Waals surface area contributed by atoms with E-state index in [1.54, 1.807) is 0 Å². The van der Waals surface area contributed by atoms with Crippen molar-refractivity contribution in [1.82, 2.24) is 19.9 Å². The molecule has 4 heterocycles. The van der Waals surface area contributed by atoms with Gasteiger partial charge in [0.15, 0.2) is 5.82 Å². The highest BCUT2D eigenvalue weighted by Gasteiger charge is 2.35. The van der Waals surface area contributed by atoms with Crippen molar-refractivity contribution < 1.29 is 0 Å². The summed E-state index contributed by atoms with van der Waals surface area (Å²) in [6, 6.07) is 2.67. The molecule has 2 aromatic heterocycles. The Bertz CT molecular complexity index is 591. The van der Waals surface area contributed by atoms with E-state index >= 15 is 0 Å². The smallest absolute Gasteiger partial charge is 0.156 e. The fourth-order valence-corrected chi connectivity index (χ4v) is 3.50. The summed E-state index contributed by atoms with van der Waals surface area (Å²) in [6.07, 6.45) is 6.41. The number of rotatable bonds is 1. The van der Waals surface area contributed by atoms with Crippen LogP contribution in [0.4, 0.5) is 5.82 Å². The number of aromatic nitrogens is 3. The maximum absolute atomic E-state index is 4.58. The first-order valence-corrected chi connectivity index (χ1v) is 7.07. The summed E-state index contributed by atoms with van der Waals surface area (Å²) in [6.45, 7) is 3.34. The van der Waals surface area contributed by atoms with Gasteiger partial charge in [0.2, 0.25) is 0 Å². The topological polar surface area (TPSA) is 46.0 Å². The zero-order chi connectivity index (χ0) is 12.8. The molecule has 2 fully saturated rings. The number of hydrogen-bond acceptors (Lipinski definition) is 4. The van der Waals surface area contributed by atoms with Gasteiger partial charge in [0, 0.05) is 32.4 Å². The second kappa shape index (κ2) is 4.20. The van der Waals surface area contributed by atoms with Gasteiger partial charge in [-0.2, -0.15) is 0 Å². The lowest BCUT2D eigenvalue weighted by atomic mass is 9.94. The van der Waals surface area contributed by atoms with Gasteiger partial charge in [0.1, 0.15) is 5.52 Å². The number of hydrogen-bond donors (Lipinski definition) is 1. The number of piperidine rings is 1. The lowest BCUT2D eigenvalue weighted by Crippen LogP contribution is -2.40. The molecule has 2 aliphatic heterocycles. The van der Waals surface area contributed by atoms with Crippen molar-refractivity contribution in [3.05, 3.63) is 18.6 Å². The molecule has 2 atom stereocenters. The molecular formula is C14H19N5. The van der Waals surface area contributed by atoms with Crippen LogP contribution >= 0.6 is 0 Å². The van der Waals surface area contributed by atoms with Gasteiger partial charge >= 0.3 is 0 Å². The lowest BCUT2D eigenvalue weighted by Gasteiger charge is -2.24. The predicted octanol–water partition coefficient (Wildman–Crippen LogP) is 1.16. The first kappa shape index (κ1) is 11.2. The molecule has 0 amide bonds. The molecule has 0 aromatic carbocycles. The maximum atomic E-state index is 4.58. The normalized spacial score (nSPS) is 26.9. The van der Waals surface area contributed by atoms with Crippen molar-refractivity contribution in [3.8, 4) is 0 Å². The number of pyridine rings is 1. The number of imidazole rings is 1. The van der Waals surface area contributed by atoms with E-state index in [1.807, 2.05) is 25.6 Å². The highest BCUT2D eigenvalue weighted by atomic mass is 15.3. The molecular weight excluding hydrogens is 238 g/mol. The summed E-state index contributed by atoms with van der Waals surface area (Å²) in [5, 5.41) is 3.64. The number of aryl methyl sites for hydroxylation is 1. The highest BCUT2D eigenvalue weighted by Crippen LogP contribution is 2.31. The fraction of sp³-hybridized carbons (Fsp3) is 0.571. The Kier molecular flexibility index (Phi) is 2.48. The van der Waals surface area contributed by atoms with Gasteiger partial charge in [-0.15, -0.1) is 0 Å². The molecule has 0 spiro atoms. The van der Waals surface area contributed by atoms with Crippen molar-refractivity contribution in [3.63, 3.8) is 0 Å². The number of nitrogens with zero attached hydrogens (tertiary/aromatic N) is 4. The standard InChI is InChI=1S/C14H19N5/c1-18-9-17-13-12(18)4-6-16-14(13)19-7-10-3-2-5-15-11(10)8-19/h4,6,9-11,15H,2-3,5,7-8H2,1H3. The lowest BCUT2D eigenvalue weighted by molar-refractivity contribution is 0.340. The second-order valence-electron chi connectivity index (χ2n) is 5.73. The number of fused-ring (bicyclic) bond motifs is 2. The van der Waals surface area contributed by atoms with Gasteiger partial charge in [-0.05, 0) is 31.4 Å². The third-order valence-corrected chi connectivity index (χ3v) is 4.52. The van der Waals surface area contributed by atoms with Crippen LogP contribution in [-0.4, -0.2) is 40.2 Å². The van der Waals surface area contributed by atoms with E-state index in [1.165, 1.54) is 12.8 Å². The van der Waals surface area contributed by atoms with E-state index in [-0.39, 0.29) is 0 Å². The van der Waals surface area contributed by atoms with Crippen LogP contribution in [0.2, 0.25) is 0 Å². The second-order valence-corrected chi connectivity index (χ2v) is 5.73. The van der Waals surface area contributed by atoms with E-state index < -0.39 is 0 Å². The quantitative estimate of drug-likeness (QED) is 0.832. The van der Waals surface area contributed by atoms with Crippen molar-refractivity contribution in [2.75, 3.05) is 24.5 Å². The Hall–Kier alpha value is -1.62. The van der Waals surface area contributed by atoms with Crippen LogP contribution in [0.5, 0.6) is 0 Å². The average Bonchev–Trinajstić information content (AvgIpc) is 3.03. The minimum atomic E-state index is 0.634. The molecule has 1 N–H and O–H groups in total. The van der Waals surface area contributed by atoms with Crippen LogP contribution in [0.3, 0.4) is 0 Å². The van der Waals surface area contributed by atoms with Gasteiger partial charge in [0.25, 0.3) is 0 Å². The highest BCUT2D eigenvalue weighted by molar-refractivity contribution is 5.86. The molecule has 0 aliphatic carbocycles. The minimum Gasteiger partial charge on any atom is -0.353 e. The monoisotopic (exact) mass is 257 g/mol. The van der Waals surface area contributed by atoms with Crippen molar-refractivity contribution in [2.45, 2.75) is 18.9 Å². The van der Waals surface area contributed by atoms with Crippen LogP contribution in [-0.2, 0) is 7.05 Å². The zero-order valence-corrected chi connectivity index (χ0v) is 11.2. The molecule has 100 valence electrons. The number of anilines is 1. The summed E-state index contributed by atoms with van der Waals surface area (Å²) in [4.78, 5) is 11.5. The summed E-state index contributed by atoms with van der Waals surface area (Å²) < 4.78 is 2.06. The SMILES string of the molecule is Cn1cnc2c(N3CC4CCCNC4C3)nccc21. The van der Waals surface area contributed by atoms with Crippen molar-refractivity contribution in [2.24, 2.45) is 13.0 Å². The van der Waals surface area contributed by atoms with Gasteiger partial charge in [-0.3, -0.25) is 0 Å². The summed E-state index contributed by atoms with van der Waals surface area (Å²) in [7, 11) is 2.03. The Morgan fingerprint density at radius 1 is 1.32 bits per heavy atom. The molecule has 0 bridgehead atoms.